The number of halogens is 1. The van der Waals surface area contributed by atoms with E-state index < -0.39 is 17.5 Å². The standard InChI is InChI=1S/C19H25ClN2O5/c1-19(2,3)27-18(25)22-10-8-13(9-11-22)17(24)26-12-16(23)21-15-7-5-4-6-14(15)20/h4-7,13H,8-12H2,1-3H3,(H,21,23). The fourth-order valence-electron chi connectivity index (χ4n) is 2.63. The summed E-state index contributed by atoms with van der Waals surface area (Å²) in [7, 11) is 0. The fourth-order valence-corrected chi connectivity index (χ4v) is 2.81. The second kappa shape index (κ2) is 9.08. The van der Waals surface area contributed by atoms with Gasteiger partial charge in [-0.2, -0.15) is 0 Å². The van der Waals surface area contributed by atoms with Crippen molar-refractivity contribution >= 4 is 35.3 Å². The Hall–Kier alpha value is -2.28. The van der Waals surface area contributed by atoms with Crippen molar-refractivity contribution in [1.29, 1.82) is 0 Å². The van der Waals surface area contributed by atoms with E-state index in [0.717, 1.165) is 0 Å². The molecule has 148 valence electrons. The SMILES string of the molecule is CC(C)(C)OC(=O)N1CCC(C(=O)OCC(=O)Nc2ccccc2Cl)CC1. The Morgan fingerprint density at radius 2 is 1.81 bits per heavy atom. The van der Waals surface area contributed by atoms with Gasteiger partial charge in [0, 0.05) is 13.1 Å². The van der Waals surface area contributed by atoms with Crippen LogP contribution < -0.4 is 5.32 Å². The highest BCUT2D eigenvalue weighted by Crippen LogP contribution is 2.22. The van der Waals surface area contributed by atoms with Crippen molar-refractivity contribution in [1.82, 2.24) is 4.90 Å². The Labute approximate surface area is 163 Å². The summed E-state index contributed by atoms with van der Waals surface area (Å²) in [6.07, 6.45) is 0.572. The van der Waals surface area contributed by atoms with Gasteiger partial charge in [0.05, 0.1) is 16.6 Å². The van der Waals surface area contributed by atoms with E-state index >= 15 is 0 Å². The highest BCUT2D eigenvalue weighted by Gasteiger charge is 2.30. The number of ether oxygens (including phenoxy) is 2. The van der Waals surface area contributed by atoms with Crippen molar-refractivity contribution in [3.05, 3.63) is 29.3 Å². The predicted octanol–water partition coefficient (Wildman–Crippen LogP) is 3.47. The van der Waals surface area contributed by atoms with Gasteiger partial charge in [-0.15, -0.1) is 0 Å². The lowest BCUT2D eigenvalue weighted by Gasteiger charge is -2.32. The van der Waals surface area contributed by atoms with Crippen LogP contribution in [-0.2, 0) is 19.1 Å². The number of rotatable bonds is 4. The first-order valence-corrected chi connectivity index (χ1v) is 9.22. The van der Waals surface area contributed by atoms with Crippen LogP contribution in [0.5, 0.6) is 0 Å². The van der Waals surface area contributed by atoms with Crippen molar-refractivity contribution in [3.8, 4) is 0 Å². The number of benzene rings is 1. The van der Waals surface area contributed by atoms with Gasteiger partial charge in [0.2, 0.25) is 0 Å². The van der Waals surface area contributed by atoms with Gasteiger partial charge in [-0.1, -0.05) is 23.7 Å². The van der Waals surface area contributed by atoms with Crippen LogP contribution in [-0.4, -0.2) is 48.2 Å². The summed E-state index contributed by atoms with van der Waals surface area (Å²) in [5.41, 5.74) is -0.0899. The summed E-state index contributed by atoms with van der Waals surface area (Å²) in [5, 5.41) is 3.00. The van der Waals surface area contributed by atoms with E-state index in [-0.39, 0.29) is 18.6 Å². The van der Waals surface area contributed by atoms with Crippen molar-refractivity contribution < 1.29 is 23.9 Å². The molecule has 2 amide bonds. The van der Waals surface area contributed by atoms with Gasteiger partial charge in [-0.25, -0.2) is 4.79 Å². The average Bonchev–Trinajstić information content (AvgIpc) is 2.60. The van der Waals surface area contributed by atoms with Crippen LogP contribution in [0.1, 0.15) is 33.6 Å². The minimum Gasteiger partial charge on any atom is -0.455 e. The number of piperidine rings is 1. The van der Waals surface area contributed by atoms with Crippen molar-refractivity contribution in [2.75, 3.05) is 25.0 Å². The third-order valence-electron chi connectivity index (χ3n) is 3.97. The molecule has 1 fully saturated rings. The summed E-state index contributed by atoms with van der Waals surface area (Å²) in [6.45, 7) is 5.88. The maximum atomic E-state index is 12.2. The van der Waals surface area contributed by atoms with Crippen LogP contribution in [0, 0.1) is 5.92 Å². The normalized spacial score (nSPS) is 15.2. The van der Waals surface area contributed by atoms with Gasteiger partial charge in [-0.05, 0) is 45.7 Å². The van der Waals surface area contributed by atoms with Crippen LogP contribution in [0.25, 0.3) is 0 Å². The number of para-hydroxylation sites is 1. The molecule has 0 aliphatic carbocycles. The van der Waals surface area contributed by atoms with Gasteiger partial charge >= 0.3 is 12.1 Å². The van der Waals surface area contributed by atoms with E-state index in [4.69, 9.17) is 21.1 Å². The molecule has 2 rings (SSSR count). The third kappa shape index (κ3) is 6.75. The highest BCUT2D eigenvalue weighted by molar-refractivity contribution is 6.33. The number of anilines is 1. The molecule has 1 aliphatic rings. The number of nitrogens with zero attached hydrogens (tertiary/aromatic N) is 1. The minimum atomic E-state index is -0.554. The molecular formula is C19H25ClN2O5. The Morgan fingerprint density at radius 1 is 1.19 bits per heavy atom. The zero-order valence-corrected chi connectivity index (χ0v) is 16.5. The first-order chi connectivity index (χ1) is 12.7. The number of amides is 2. The molecule has 1 saturated heterocycles. The maximum Gasteiger partial charge on any atom is 0.410 e. The zero-order chi connectivity index (χ0) is 20.0. The second-order valence-electron chi connectivity index (χ2n) is 7.38. The molecule has 1 heterocycles. The summed E-state index contributed by atoms with van der Waals surface area (Å²) in [4.78, 5) is 37.7. The molecule has 0 spiro atoms. The minimum absolute atomic E-state index is 0.336. The summed E-state index contributed by atoms with van der Waals surface area (Å²) in [5.74, 6) is -1.23. The van der Waals surface area contributed by atoms with Gasteiger partial charge in [-0.3, -0.25) is 9.59 Å². The van der Waals surface area contributed by atoms with E-state index in [9.17, 15) is 14.4 Å². The molecule has 8 heteroatoms. The topological polar surface area (TPSA) is 84.9 Å². The predicted molar refractivity (Wildman–Crippen MR) is 102 cm³/mol. The molecule has 0 saturated carbocycles. The first-order valence-electron chi connectivity index (χ1n) is 8.84. The largest absolute Gasteiger partial charge is 0.455 e. The lowest BCUT2D eigenvalue weighted by Crippen LogP contribution is -2.43. The van der Waals surface area contributed by atoms with Crippen LogP contribution >= 0.6 is 11.6 Å². The molecule has 1 aromatic carbocycles. The smallest absolute Gasteiger partial charge is 0.410 e. The van der Waals surface area contributed by atoms with E-state index in [2.05, 4.69) is 5.32 Å². The van der Waals surface area contributed by atoms with Crippen LogP contribution in [0.4, 0.5) is 10.5 Å². The number of carbonyl (C=O) groups is 3. The summed E-state index contributed by atoms with van der Waals surface area (Å²) in [6, 6.07) is 6.81. The molecule has 0 atom stereocenters. The molecule has 0 unspecified atom stereocenters. The van der Waals surface area contributed by atoms with E-state index in [1.54, 1.807) is 29.2 Å². The Kier molecular flexibility index (Phi) is 7.07. The number of likely N-dealkylation sites (tertiary alicyclic amines) is 1. The van der Waals surface area contributed by atoms with Gasteiger partial charge < -0.3 is 19.7 Å². The molecule has 1 aliphatic heterocycles. The summed E-state index contributed by atoms with van der Waals surface area (Å²) < 4.78 is 10.4. The van der Waals surface area contributed by atoms with E-state index in [1.165, 1.54) is 0 Å². The van der Waals surface area contributed by atoms with E-state index in [0.29, 0.717) is 36.6 Å². The van der Waals surface area contributed by atoms with Gasteiger partial charge in [0.1, 0.15) is 5.60 Å². The Balaban J connectivity index is 1.74. The van der Waals surface area contributed by atoms with Crippen LogP contribution in [0.15, 0.2) is 24.3 Å². The number of nitrogens with one attached hydrogen (secondary N) is 1. The number of hydrogen-bond donors (Lipinski definition) is 1. The van der Waals surface area contributed by atoms with Crippen LogP contribution in [0.3, 0.4) is 0 Å². The Bertz CT molecular complexity index is 694. The number of carbonyl (C=O) groups excluding carboxylic acids is 3. The summed E-state index contributed by atoms with van der Waals surface area (Å²) >= 11 is 5.97. The van der Waals surface area contributed by atoms with Gasteiger partial charge in [0.25, 0.3) is 5.91 Å². The molecule has 0 bridgehead atoms. The highest BCUT2D eigenvalue weighted by atomic mass is 35.5. The number of hydrogen-bond acceptors (Lipinski definition) is 5. The molecule has 27 heavy (non-hydrogen) atoms. The quantitative estimate of drug-likeness (QED) is 0.787. The molecule has 0 aromatic heterocycles. The van der Waals surface area contributed by atoms with Crippen molar-refractivity contribution in [2.45, 2.75) is 39.2 Å². The zero-order valence-electron chi connectivity index (χ0n) is 15.8. The number of esters is 1. The fraction of sp³-hybridized carbons (Fsp3) is 0.526. The van der Waals surface area contributed by atoms with E-state index in [1.807, 2.05) is 20.8 Å². The molecule has 1 N–H and O–H groups in total. The molecular weight excluding hydrogens is 372 g/mol. The lowest BCUT2D eigenvalue weighted by atomic mass is 9.97. The van der Waals surface area contributed by atoms with Crippen LogP contribution in [0.2, 0.25) is 5.02 Å². The third-order valence-corrected chi connectivity index (χ3v) is 4.30. The Morgan fingerprint density at radius 3 is 2.41 bits per heavy atom. The maximum absolute atomic E-state index is 12.2. The lowest BCUT2D eigenvalue weighted by molar-refractivity contribution is -0.153. The van der Waals surface area contributed by atoms with Gasteiger partial charge in [0.15, 0.2) is 6.61 Å². The van der Waals surface area contributed by atoms with Crippen molar-refractivity contribution in [2.24, 2.45) is 5.92 Å². The van der Waals surface area contributed by atoms with Crippen molar-refractivity contribution in [3.63, 3.8) is 0 Å². The molecule has 7 nitrogen and oxygen atoms in total. The first kappa shape index (κ1) is 21.0. The molecule has 0 radical (unpaired) electrons. The monoisotopic (exact) mass is 396 g/mol. The second-order valence-corrected chi connectivity index (χ2v) is 7.78. The molecule has 1 aromatic rings. The average molecular weight is 397 g/mol.